The van der Waals surface area contributed by atoms with E-state index in [9.17, 15) is 10.1 Å². The summed E-state index contributed by atoms with van der Waals surface area (Å²) in [7, 11) is 1.44. The van der Waals surface area contributed by atoms with E-state index in [4.69, 9.17) is 4.74 Å². The summed E-state index contributed by atoms with van der Waals surface area (Å²) in [5.74, 6) is 0.306. The van der Waals surface area contributed by atoms with Crippen LogP contribution in [0.5, 0.6) is 5.75 Å². The third kappa shape index (κ3) is 2.32. The van der Waals surface area contributed by atoms with E-state index in [-0.39, 0.29) is 11.1 Å². The average molecular weight is 223 g/mol. The smallest absolute Gasteiger partial charge is 0.311 e. The zero-order valence-electron chi connectivity index (χ0n) is 10.1. The number of rotatable bonds is 4. The van der Waals surface area contributed by atoms with Crippen LogP contribution in [0.4, 0.5) is 5.69 Å². The Hall–Kier alpha value is -1.58. The van der Waals surface area contributed by atoms with E-state index < -0.39 is 4.92 Å². The molecule has 0 unspecified atom stereocenters. The standard InChI is InChI=1S/C12H17NO3/c1-5-12(2,3)9-6-7-11(16-4)10(8-9)13(14)15/h6-8H,5H2,1-4H3. The Bertz CT molecular complexity index is 399. The summed E-state index contributed by atoms with van der Waals surface area (Å²) in [4.78, 5) is 10.5. The first-order valence-corrected chi connectivity index (χ1v) is 5.25. The summed E-state index contributed by atoms with van der Waals surface area (Å²) in [6.07, 6.45) is 0.927. The summed E-state index contributed by atoms with van der Waals surface area (Å²) >= 11 is 0. The van der Waals surface area contributed by atoms with Crippen molar-refractivity contribution in [1.29, 1.82) is 0 Å². The molecular formula is C12H17NO3. The molecule has 0 bridgehead atoms. The normalized spacial score (nSPS) is 11.2. The van der Waals surface area contributed by atoms with Gasteiger partial charge in [-0.1, -0.05) is 26.8 Å². The Morgan fingerprint density at radius 3 is 2.50 bits per heavy atom. The minimum absolute atomic E-state index is 0.0292. The maximum atomic E-state index is 10.9. The van der Waals surface area contributed by atoms with Gasteiger partial charge in [-0.2, -0.15) is 0 Å². The Kier molecular flexibility index (Phi) is 3.52. The van der Waals surface area contributed by atoms with Gasteiger partial charge in [0.15, 0.2) is 5.75 Å². The predicted molar refractivity (Wildman–Crippen MR) is 63.0 cm³/mol. The van der Waals surface area contributed by atoms with Crippen molar-refractivity contribution in [3.8, 4) is 5.75 Å². The Balaban J connectivity index is 3.27. The molecule has 0 amide bonds. The zero-order valence-corrected chi connectivity index (χ0v) is 10.1. The molecule has 1 rings (SSSR count). The molecule has 4 heteroatoms. The second-order valence-electron chi connectivity index (χ2n) is 4.38. The number of nitrogens with zero attached hydrogens (tertiary/aromatic N) is 1. The van der Waals surface area contributed by atoms with Crippen molar-refractivity contribution in [2.75, 3.05) is 7.11 Å². The molecule has 1 aromatic rings. The van der Waals surface area contributed by atoms with Crippen molar-refractivity contribution in [2.24, 2.45) is 0 Å². The second-order valence-corrected chi connectivity index (χ2v) is 4.38. The highest BCUT2D eigenvalue weighted by Gasteiger charge is 2.23. The maximum absolute atomic E-state index is 10.9. The first-order chi connectivity index (χ1) is 7.42. The van der Waals surface area contributed by atoms with Gasteiger partial charge in [0.25, 0.3) is 0 Å². The van der Waals surface area contributed by atoms with E-state index >= 15 is 0 Å². The van der Waals surface area contributed by atoms with Gasteiger partial charge in [-0.3, -0.25) is 10.1 Å². The monoisotopic (exact) mass is 223 g/mol. The molecule has 0 N–H and O–H groups in total. The van der Waals surface area contributed by atoms with Gasteiger partial charge in [-0.15, -0.1) is 0 Å². The molecule has 0 aliphatic rings. The molecule has 0 fully saturated rings. The van der Waals surface area contributed by atoms with Crippen LogP contribution in [0.15, 0.2) is 18.2 Å². The molecule has 1 aromatic carbocycles. The van der Waals surface area contributed by atoms with E-state index in [0.29, 0.717) is 5.75 Å². The molecule has 4 nitrogen and oxygen atoms in total. The van der Waals surface area contributed by atoms with E-state index in [1.807, 2.05) is 6.07 Å². The lowest BCUT2D eigenvalue weighted by molar-refractivity contribution is -0.385. The van der Waals surface area contributed by atoms with Gasteiger partial charge in [0.2, 0.25) is 0 Å². The number of nitro benzene ring substituents is 1. The topological polar surface area (TPSA) is 52.4 Å². The van der Waals surface area contributed by atoms with Crippen molar-refractivity contribution >= 4 is 5.69 Å². The van der Waals surface area contributed by atoms with Gasteiger partial charge in [0, 0.05) is 6.07 Å². The van der Waals surface area contributed by atoms with Gasteiger partial charge in [-0.05, 0) is 23.5 Å². The molecule has 0 saturated carbocycles. The van der Waals surface area contributed by atoms with Crippen LogP contribution in [0.1, 0.15) is 32.8 Å². The number of benzene rings is 1. The fraction of sp³-hybridized carbons (Fsp3) is 0.500. The van der Waals surface area contributed by atoms with Crippen molar-refractivity contribution in [3.05, 3.63) is 33.9 Å². The van der Waals surface area contributed by atoms with Crippen LogP contribution < -0.4 is 4.74 Å². The van der Waals surface area contributed by atoms with Crippen molar-refractivity contribution < 1.29 is 9.66 Å². The van der Waals surface area contributed by atoms with E-state index in [2.05, 4.69) is 20.8 Å². The van der Waals surface area contributed by atoms with Crippen LogP contribution in [0.2, 0.25) is 0 Å². The number of nitro groups is 1. The minimum atomic E-state index is -0.409. The molecule has 0 aromatic heterocycles. The Morgan fingerprint density at radius 1 is 1.44 bits per heavy atom. The quantitative estimate of drug-likeness (QED) is 0.581. The van der Waals surface area contributed by atoms with Crippen LogP contribution in [-0.2, 0) is 5.41 Å². The molecule has 0 spiro atoms. The molecule has 0 aliphatic heterocycles. The van der Waals surface area contributed by atoms with Crippen molar-refractivity contribution in [2.45, 2.75) is 32.6 Å². The maximum Gasteiger partial charge on any atom is 0.311 e. The number of ether oxygens (including phenoxy) is 1. The molecule has 16 heavy (non-hydrogen) atoms. The van der Waals surface area contributed by atoms with Gasteiger partial charge < -0.3 is 4.74 Å². The first-order valence-electron chi connectivity index (χ1n) is 5.25. The predicted octanol–water partition coefficient (Wildman–Crippen LogP) is 3.29. The molecule has 0 heterocycles. The van der Waals surface area contributed by atoms with Crippen LogP contribution in [0.25, 0.3) is 0 Å². The van der Waals surface area contributed by atoms with Crippen molar-refractivity contribution in [1.82, 2.24) is 0 Å². The summed E-state index contributed by atoms with van der Waals surface area (Å²) in [5.41, 5.74) is 0.931. The fourth-order valence-corrected chi connectivity index (χ4v) is 1.46. The fourth-order valence-electron chi connectivity index (χ4n) is 1.46. The van der Waals surface area contributed by atoms with Crippen LogP contribution in [0.3, 0.4) is 0 Å². The summed E-state index contributed by atoms with van der Waals surface area (Å²) < 4.78 is 4.97. The second kappa shape index (κ2) is 4.51. The van der Waals surface area contributed by atoms with Crippen molar-refractivity contribution in [3.63, 3.8) is 0 Å². The number of hydrogen-bond donors (Lipinski definition) is 0. The summed E-state index contributed by atoms with van der Waals surface area (Å²) in [5, 5.41) is 10.9. The Morgan fingerprint density at radius 2 is 2.06 bits per heavy atom. The minimum Gasteiger partial charge on any atom is -0.490 e. The summed E-state index contributed by atoms with van der Waals surface area (Å²) in [6, 6.07) is 5.14. The highest BCUT2D eigenvalue weighted by molar-refractivity contribution is 5.50. The number of hydrogen-bond acceptors (Lipinski definition) is 3. The number of methoxy groups -OCH3 is 1. The van der Waals surface area contributed by atoms with Gasteiger partial charge in [-0.25, -0.2) is 0 Å². The molecule has 0 aliphatic carbocycles. The molecule has 0 atom stereocenters. The average Bonchev–Trinajstić information content (AvgIpc) is 2.28. The van der Waals surface area contributed by atoms with Gasteiger partial charge >= 0.3 is 5.69 Å². The van der Waals surface area contributed by atoms with Gasteiger partial charge in [0.05, 0.1) is 12.0 Å². The molecule has 88 valence electrons. The lowest BCUT2D eigenvalue weighted by atomic mass is 9.82. The molecule has 0 saturated heterocycles. The highest BCUT2D eigenvalue weighted by atomic mass is 16.6. The largest absolute Gasteiger partial charge is 0.490 e. The van der Waals surface area contributed by atoms with E-state index in [1.54, 1.807) is 12.1 Å². The third-order valence-electron chi connectivity index (χ3n) is 3.04. The zero-order chi connectivity index (χ0) is 12.3. The third-order valence-corrected chi connectivity index (χ3v) is 3.04. The molecular weight excluding hydrogens is 206 g/mol. The first kappa shape index (κ1) is 12.5. The van der Waals surface area contributed by atoms with E-state index in [1.165, 1.54) is 7.11 Å². The van der Waals surface area contributed by atoms with Crippen LogP contribution in [-0.4, -0.2) is 12.0 Å². The molecule has 0 radical (unpaired) electrons. The SMILES string of the molecule is CCC(C)(C)c1ccc(OC)c([N+](=O)[O-])c1. The van der Waals surface area contributed by atoms with Gasteiger partial charge in [0.1, 0.15) is 0 Å². The lowest BCUT2D eigenvalue weighted by Gasteiger charge is -2.23. The van der Waals surface area contributed by atoms with Crippen LogP contribution >= 0.6 is 0 Å². The van der Waals surface area contributed by atoms with Crippen LogP contribution in [0, 0.1) is 10.1 Å². The van der Waals surface area contributed by atoms with E-state index in [0.717, 1.165) is 12.0 Å². The Labute approximate surface area is 95.4 Å². The lowest BCUT2D eigenvalue weighted by Crippen LogP contribution is -2.15. The highest BCUT2D eigenvalue weighted by Crippen LogP contribution is 2.34. The summed E-state index contributed by atoms with van der Waals surface area (Å²) in [6.45, 7) is 6.20.